The van der Waals surface area contributed by atoms with Gasteiger partial charge in [-0.05, 0) is 44.5 Å². The van der Waals surface area contributed by atoms with E-state index in [9.17, 15) is 13.2 Å². The van der Waals surface area contributed by atoms with E-state index in [-0.39, 0.29) is 23.5 Å². The molecule has 2 aromatic rings. The molecule has 0 bridgehead atoms. The number of sulfone groups is 1. The number of halogens is 1. The van der Waals surface area contributed by atoms with Gasteiger partial charge in [0, 0.05) is 10.5 Å². The molecule has 1 aromatic heterocycles. The number of rotatable bonds is 5. The van der Waals surface area contributed by atoms with Gasteiger partial charge in [-0.25, -0.2) is 13.1 Å². The molecule has 1 amide bonds. The van der Waals surface area contributed by atoms with Crippen LogP contribution in [-0.2, 0) is 14.6 Å². The number of aromatic nitrogens is 2. The molecule has 1 aromatic carbocycles. The van der Waals surface area contributed by atoms with Crippen LogP contribution in [0, 0.1) is 6.92 Å². The maximum Gasteiger partial charge on any atom is 0.266 e. The largest absolute Gasteiger partial charge is 0.481 e. The Morgan fingerprint density at radius 2 is 2.08 bits per heavy atom. The zero-order valence-electron chi connectivity index (χ0n) is 14.5. The normalized spacial score (nSPS) is 19.9. The SMILES string of the molecule is Cc1cc(NC(=O)C(C)Oc2ccc(Br)cc2)n(C2CCS(=O)(=O)C2)n1. The van der Waals surface area contributed by atoms with E-state index in [4.69, 9.17) is 4.74 Å². The third kappa shape index (κ3) is 4.45. The summed E-state index contributed by atoms with van der Waals surface area (Å²) in [7, 11) is -3.04. The maximum absolute atomic E-state index is 12.5. The molecule has 7 nitrogen and oxygen atoms in total. The molecular formula is C17H20BrN3O4S. The molecule has 1 N–H and O–H groups in total. The molecule has 1 saturated heterocycles. The first-order valence-electron chi connectivity index (χ1n) is 8.23. The number of hydrogen-bond acceptors (Lipinski definition) is 5. The minimum atomic E-state index is -3.04. The summed E-state index contributed by atoms with van der Waals surface area (Å²) >= 11 is 3.35. The van der Waals surface area contributed by atoms with Gasteiger partial charge in [-0.3, -0.25) is 4.79 Å². The first-order valence-corrected chi connectivity index (χ1v) is 10.8. The van der Waals surface area contributed by atoms with Crippen LogP contribution in [0.2, 0.25) is 0 Å². The highest BCUT2D eigenvalue weighted by atomic mass is 79.9. The van der Waals surface area contributed by atoms with Crippen LogP contribution >= 0.6 is 15.9 Å². The van der Waals surface area contributed by atoms with Crippen LogP contribution in [0.25, 0.3) is 0 Å². The molecular weight excluding hydrogens is 422 g/mol. The third-order valence-corrected chi connectivity index (χ3v) is 6.44. The molecule has 26 heavy (non-hydrogen) atoms. The van der Waals surface area contributed by atoms with Crippen LogP contribution in [0.1, 0.15) is 25.1 Å². The fourth-order valence-corrected chi connectivity index (χ4v) is 4.81. The predicted octanol–water partition coefficient (Wildman–Crippen LogP) is 2.72. The molecule has 1 aliphatic rings. The first kappa shape index (κ1) is 18.9. The average molecular weight is 442 g/mol. The summed E-state index contributed by atoms with van der Waals surface area (Å²) in [6, 6.07) is 8.68. The summed E-state index contributed by atoms with van der Waals surface area (Å²) in [6.45, 7) is 3.46. The molecule has 2 heterocycles. The molecule has 3 rings (SSSR count). The van der Waals surface area contributed by atoms with Gasteiger partial charge in [0.25, 0.3) is 5.91 Å². The van der Waals surface area contributed by atoms with E-state index in [1.165, 1.54) is 0 Å². The van der Waals surface area contributed by atoms with Gasteiger partial charge in [-0.1, -0.05) is 15.9 Å². The topological polar surface area (TPSA) is 90.3 Å². The van der Waals surface area contributed by atoms with Crippen molar-refractivity contribution in [3.63, 3.8) is 0 Å². The first-order chi connectivity index (χ1) is 12.2. The quantitative estimate of drug-likeness (QED) is 0.769. The molecule has 1 fully saturated rings. The van der Waals surface area contributed by atoms with Crippen molar-refractivity contribution in [2.24, 2.45) is 0 Å². The summed E-state index contributed by atoms with van der Waals surface area (Å²) in [5.41, 5.74) is 0.714. The fourth-order valence-electron chi connectivity index (χ4n) is 2.86. The Kier molecular flexibility index (Phi) is 5.38. The van der Waals surface area contributed by atoms with E-state index in [0.717, 1.165) is 4.47 Å². The summed E-state index contributed by atoms with van der Waals surface area (Å²) in [4.78, 5) is 12.5. The minimum absolute atomic E-state index is 0.0436. The van der Waals surface area contributed by atoms with Gasteiger partial charge < -0.3 is 10.1 Å². The van der Waals surface area contributed by atoms with Gasteiger partial charge in [0.15, 0.2) is 15.9 Å². The van der Waals surface area contributed by atoms with Crippen molar-refractivity contribution >= 4 is 37.5 Å². The van der Waals surface area contributed by atoms with E-state index in [1.807, 2.05) is 12.1 Å². The van der Waals surface area contributed by atoms with E-state index in [1.54, 1.807) is 36.7 Å². The Labute approximate surface area is 160 Å². The summed E-state index contributed by atoms with van der Waals surface area (Å²) in [5, 5.41) is 7.16. The van der Waals surface area contributed by atoms with Crippen molar-refractivity contribution in [2.45, 2.75) is 32.4 Å². The maximum atomic E-state index is 12.5. The predicted molar refractivity (Wildman–Crippen MR) is 102 cm³/mol. The smallest absolute Gasteiger partial charge is 0.266 e. The molecule has 9 heteroatoms. The van der Waals surface area contributed by atoms with Crippen molar-refractivity contribution in [2.75, 3.05) is 16.8 Å². The van der Waals surface area contributed by atoms with Crippen molar-refractivity contribution in [1.82, 2.24) is 9.78 Å². The number of ether oxygens (including phenoxy) is 1. The van der Waals surface area contributed by atoms with Crippen molar-refractivity contribution < 1.29 is 17.9 Å². The van der Waals surface area contributed by atoms with Crippen molar-refractivity contribution in [1.29, 1.82) is 0 Å². The van der Waals surface area contributed by atoms with Crippen LogP contribution in [0.3, 0.4) is 0 Å². The molecule has 0 spiro atoms. The Bertz CT molecular complexity index is 909. The summed E-state index contributed by atoms with van der Waals surface area (Å²) in [6.07, 6.45) is -0.218. The number of aryl methyl sites for hydroxylation is 1. The summed E-state index contributed by atoms with van der Waals surface area (Å²) in [5.74, 6) is 0.938. The van der Waals surface area contributed by atoms with E-state index < -0.39 is 15.9 Å². The average Bonchev–Trinajstić information content (AvgIpc) is 3.11. The molecule has 1 aliphatic heterocycles. The Morgan fingerprint density at radius 1 is 1.38 bits per heavy atom. The number of benzene rings is 1. The van der Waals surface area contributed by atoms with Gasteiger partial charge in [-0.15, -0.1) is 0 Å². The van der Waals surface area contributed by atoms with Gasteiger partial charge in [0.05, 0.1) is 23.2 Å². The molecule has 0 aliphatic carbocycles. The highest BCUT2D eigenvalue weighted by molar-refractivity contribution is 9.10. The lowest BCUT2D eigenvalue weighted by molar-refractivity contribution is -0.122. The van der Waals surface area contributed by atoms with Crippen molar-refractivity contribution in [3.8, 4) is 5.75 Å². The number of carbonyl (C=O) groups is 1. The van der Waals surface area contributed by atoms with E-state index in [2.05, 4.69) is 26.3 Å². The lowest BCUT2D eigenvalue weighted by Gasteiger charge is -2.17. The monoisotopic (exact) mass is 441 g/mol. The zero-order chi connectivity index (χ0) is 18.9. The van der Waals surface area contributed by atoms with Crippen LogP contribution in [-0.4, -0.2) is 41.7 Å². The Balaban J connectivity index is 1.70. The molecule has 140 valence electrons. The number of amides is 1. The van der Waals surface area contributed by atoms with Gasteiger partial charge in [0.2, 0.25) is 0 Å². The Hall–Kier alpha value is -1.87. The Morgan fingerprint density at radius 3 is 2.69 bits per heavy atom. The van der Waals surface area contributed by atoms with Crippen molar-refractivity contribution in [3.05, 3.63) is 40.5 Å². The molecule has 0 saturated carbocycles. The van der Waals surface area contributed by atoms with Gasteiger partial charge in [0.1, 0.15) is 11.6 Å². The van der Waals surface area contributed by atoms with Crippen LogP contribution in [0.15, 0.2) is 34.8 Å². The minimum Gasteiger partial charge on any atom is -0.481 e. The number of nitrogens with one attached hydrogen (secondary N) is 1. The molecule has 2 atom stereocenters. The van der Waals surface area contributed by atoms with Crippen LogP contribution < -0.4 is 10.1 Å². The number of anilines is 1. The lowest BCUT2D eigenvalue weighted by Crippen LogP contribution is -2.31. The van der Waals surface area contributed by atoms with Gasteiger partial charge in [-0.2, -0.15) is 5.10 Å². The second-order valence-corrected chi connectivity index (χ2v) is 9.52. The highest BCUT2D eigenvalue weighted by Gasteiger charge is 2.31. The van der Waals surface area contributed by atoms with Crippen LogP contribution in [0.5, 0.6) is 5.75 Å². The number of hydrogen-bond donors (Lipinski definition) is 1. The zero-order valence-corrected chi connectivity index (χ0v) is 16.9. The highest BCUT2D eigenvalue weighted by Crippen LogP contribution is 2.27. The number of carbonyl (C=O) groups excluding carboxylic acids is 1. The van der Waals surface area contributed by atoms with Gasteiger partial charge >= 0.3 is 0 Å². The molecule has 0 radical (unpaired) electrons. The fraction of sp³-hybridized carbons (Fsp3) is 0.412. The third-order valence-electron chi connectivity index (χ3n) is 4.16. The van der Waals surface area contributed by atoms with Crippen LogP contribution in [0.4, 0.5) is 5.82 Å². The second-order valence-electron chi connectivity index (χ2n) is 6.38. The number of nitrogens with zero attached hydrogens (tertiary/aromatic N) is 2. The molecule has 2 unspecified atom stereocenters. The summed E-state index contributed by atoms with van der Waals surface area (Å²) < 4.78 is 31.7. The van der Waals surface area contributed by atoms with E-state index >= 15 is 0 Å². The standard InChI is InChI=1S/C17H20BrN3O4S/c1-11-9-16(21(20-11)14-7-8-26(23,24)10-14)19-17(22)12(2)25-15-5-3-13(18)4-6-15/h3-6,9,12,14H,7-8,10H2,1-2H3,(H,19,22). The second kappa shape index (κ2) is 7.40. The van der Waals surface area contributed by atoms with E-state index in [0.29, 0.717) is 23.7 Å². The lowest BCUT2D eigenvalue weighted by atomic mass is 10.2.